The van der Waals surface area contributed by atoms with Gasteiger partial charge in [-0.2, -0.15) is 0 Å². The van der Waals surface area contributed by atoms with Gasteiger partial charge in [0.15, 0.2) is 4.77 Å². The van der Waals surface area contributed by atoms with E-state index in [2.05, 4.69) is 4.98 Å². The van der Waals surface area contributed by atoms with Gasteiger partial charge in [0.25, 0.3) is 0 Å². The molecule has 2 aromatic carbocycles. The first-order valence-corrected chi connectivity index (χ1v) is 7.23. The van der Waals surface area contributed by atoms with Crippen molar-refractivity contribution in [3.8, 4) is 28.4 Å². The van der Waals surface area contributed by atoms with Crippen LogP contribution in [0.25, 0.3) is 16.9 Å². The summed E-state index contributed by atoms with van der Waals surface area (Å²) in [7, 11) is 3.31. The first kappa shape index (κ1) is 14.4. The van der Waals surface area contributed by atoms with Gasteiger partial charge in [0, 0.05) is 17.8 Å². The molecule has 3 rings (SSSR count). The van der Waals surface area contributed by atoms with E-state index in [1.165, 1.54) is 0 Å². The highest BCUT2D eigenvalue weighted by atomic mass is 32.1. The molecule has 0 amide bonds. The van der Waals surface area contributed by atoms with E-state index < -0.39 is 0 Å². The second-order valence-corrected chi connectivity index (χ2v) is 5.13. The molecule has 0 radical (unpaired) electrons. The van der Waals surface area contributed by atoms with Crippen LogP contribution in [0.2, 0.25) is 0 Å². The summed E-state index contributed by atoms with van der Waals surface area (Å²) in [6.45, 7) is 0. The summed E-state index contributed by atoms with van der Waals surface area (Å²) in [5.41, 5.74) is 2.99. The molecule has 1 N–H and O–H groups in total. The lowest BCUT2D eigenvalue weighted by Gasteiger charge is -2.10. The summed E-state index contributed by atoms with van der Waals surface area (Å²) in [6, 6.07) is 15.7. The molecule has 112 valence electrons. The van der Waals surface area contributed by atoms with E-state index in [9.17, 15) is 0 Å². The van der Waals surface area contributed by atoms with Gasteiger partial charge in [0.2, 0.25) is 0 Å². The van der Waals surface area contributed by atoms with Gasteiger partial charge in [-0.3, -0.25) is 4.57 Å². The van der Waals surface area contributed by atoms with Crippen LogP contribution in [0.3, 0.4) is 0 Å². The Kier molecular flexibility index (Phi) is 3.98. The number of aromatic nitrogens is 2. The standard InChI is InChI=1S/C17H16N2O2S/c1-20-14-8-6-12(7-9-14)16-11-18-17(22)19(16)13-4-3-5-15(10-13)21-2/h3-11H,1-2H3,(H,18,22). The molecule has 5 heteroatoms. The summed E-state index contributed by atoms with van der Waals surface area (Å²) < 4.78 is 13.1. The largest absolute Gasteiger partial charge is 0.497 e. The minimum atomic E-state index is 0.638. The lowest BCUT2D eigenvalue weighted by molar-refractivity contribution is 0.414. The zero-order valence-electron chi connectivity index (χ0n) is 12.4. The van der Waals surface area contributed by atoms with Crippen LogP contribution < -0.4 is 9.47 Å². The van der Waals surface area contributed by atoms with Crippen LogP contribution in [0.1, 0.15) is 0 Å². The number of hydrogen-bond donors (Lipinski definition) is 1. The molecular weight excluding hydrogens is 296 g/mol. The Morgan fingerprint density at radius 3 is 2.36 bits per heavy atom. The molecule has 0 atom stereocenters. The van der Waals surface area contributed by atoms with E-state index in [1.807, 2.05) is 59.3 Å². The molecule has 0 spiro atoms. The van der Waals surface area contributed by atoms with Gasteiger partial charge in [0.1, 0.15) is 11.5 Å². The Balaban J connectivity index is 2.12. The summed E-state index contributed by atoms with van der Waals surface area (Å²) >= 11 is 5.42. The molecule has 0 unspecified atom stereocenters. The Morgan fingerprint density at radius 1 is 0.955 bits per heavy atom. The number of ether oxygens (including phenoxy) is 2. The molecule has 1 heterocycles. The average Bonchev–Trinajstić information content (AvgIpc) is 2.96. The second kappa shape index (κ2) is 6.07. The van der Waals surface area contributed by atoms with Gasteiger partial charge < -0.3 is 14.5 Å². The maximum atomic E-state index is 5.42. The molecule has 1 aromatic heterocycles. The molecule has 22 heavy (non-hydrogen) atoms. The van der Waals surface area contributed by atoms with Crippen LogP contribution >= 0.6 is 12.2 Å². The second-order valence-electron chi connectivity index (χ2n) is 4.74. The third-order valence-electron chi connectivity index (χ3n) is 3.47. The number of aromatic amines is 1. The van der Waals surface area contributed by atoms with E-state index in [4.69, 9.17) is 21.7 Å². The number of nitrogens with zero attached hydrogens (tertiary/aromatic N) is 1. The van der Waals surface area contributed by atoms with Crippen molar-refractivity contribution in [3.05, 3.63) is 59.5 Å². The monoisotopic (exact) mass is 312 g/mol. The number of methoxy groups -OCH3 is 2. The van der Waals surface area contributed by atoms with Crippen molar-refractivity contribution >= 4 is 12.2 Å². The number of hydrogen-bond acceptors (Lipinski definition) is 3. The van der Waals surface area contributed by atoms with Gasteiger partial charge in [-0.05, 0) is 48.6 Å². The van der Waals surface area contributed by atoms with Crippen molar-refractivity contribution in [2.24, 2.45) is 0 Å². The summed E-state index contributed by atoms with van der Waals surface area (Å²) in [4.78, 5) is 3.11. The molecule has 3 aromatic rings. The number of rotatable bonds is 4. The van der Waals surface area contributed by atoms with Crippen LogP contribution in [0, 0.1) is 4.77 Å². The van der Waals surface area contributed by atoms with Crippen LogP contribution in [0.4, 0.5) is 0 Å². The van der Waals surface area contributed by atoms with Crippen molar-refractivity contribution in [2.75, 3.05) is 14.2 Å². The number of imidazole rings is 1. The zero-order chi connectivity index (χ0) is 15.5. The molecule has 0 fully saturated rings. The Bertz CT molecular complexity index is 834. The van der Waals surface area contributed by atoms with E-state index in [0.29, 0.717) is 4.77 Å². The van der Waals surface area contributed by atoms with Gasteiger partial charge >= 0.3 is 0 Å². The Labute approximate surface area is 134 Å². The number of H-pyrrole nitrogens is 1. The summed E-state index contributed by atoms with van der Waals surface area (Å²) in [5.74, 6) is 1.62. The molecular formula is C17H16N2O2S. The Morgan fingerprint density at radius 2 is 1.68 bits per heavy atom. The third-order valence-corrected chi connectivity index (χ3v) is 3.77. The maximum absolute atomic E-state index is 5.42. The normalized spacial score (nSPS) is 10.5. The minimum Gasteiger partial charge on any atom is -0.497 e. The lowest BCUT2D eigenvalue weighted by Crippen LogP contribution is -1.97. The van der Waals surface area contributed by atoms with Crippen LogP contribution in [0.15, 0.2) is 54.7 Å². The van der Waals surface area contributed by atoms with Crippen molar-refractivity contribution < 1.29 is 9.47 Å². The summed E-state index contributed by atoms with van der Waals surface area (Å²) in [6.07, 6.45) is 1.91. The summed E-state index contributed by atoms with van der Waals surface area (Å²) in [5, 5.41) is 0. The molecule has 0 aliphatic carbocycles. The quantitative estimate of drug-likeness (QED) is 0.733. The van der Waals surface area contributed by atoms with Crippen molar-refractivity contribution in [3.63, 3.8) is 0 Å². The fraction of sp³-hybridized carbons (Fsp3) is 0.118. The number of nitrogens with one attached hydrogen (secondary N) is 1. The van der Waals surface area contributed by atoms with Gasteiger partial charge in [-0.15, -0.1) is 0 Å². The zero-order valence-corrected chi connectivity index (χ0v) is 13.2. The van der Waals surface area contributed by atoms with E-state index in [-0.39, 0.29) is 0 Å². The number of benzene rings is 2. The SMILES string of the molecule is COc1ccc(-c2c[nH]c(=S)n2-c2cccc(OC)c2)cc1. The third kappa shape index (κ3) is 2.63. The van der Waals surface area contributed by atoms with Crippen LogP contribution in [-0.2, 0) is 0 Å². The smallest absolute Gasteiger partial charge is 0.182 e. The minimum absolute atomic E-state index is 0.638. The van der Waals surface area contributed by atoms with Crippen molar-refractivity contribution in [1.29, 1.82) is 0 Å². The molecule has 0 bridgehead atoms. The molecule has 0 saturated carbocycles. The highest BCUT2D eigenvalue weighted by Crippen LogP contribution is 2.27. The first-order chi connectivity index (χ1) is 10.7. The van der Waals surface area contributed by atoms with Gasteiger partial charge in [-0.25, -0.2) is 0 Å². The highest BCUT2D eigenvalue weighted by molar-refractivity contribution is 7.71. The van der Waals surface area contributed by atoms with E-state index in [0.717, 1.165) is 28.4 Å². The highest BCUT2D eigenvalue weighted by Gasteiger charge is 2.09. The average molecular weight is 312 g/mol. The predicted octanol–water partition coefficient (Wildman–Crippen LogP) is 4.22. The fourth-order valence-electron chi connectivity index (χ4n) is 2.35. The van der Waals surface area contributed by atoms with Gasteiger partial charge in [-0.1, -0.05) is 6.07 Å². The van der Waals surface area contributed by atoms with Crippen molar-refractivity contribution in [2.45, 2.75) is 0 Å². The molecule has 0 aliphatic rings. The fourth-order valence-corrected chi connectivity index (χ4v) is 2.61. The van der Waals surface area contributed by atoms with E-state index in [1.54, 1.807) is 14.2 Å². The van der Waals surface area contributed by atoms with Crippen molar-refractivity contribution in [1.82, 2.24) is 9.55 Å². The van der Waals surface area contributed by atoms with E-state index >= 15 is 0 Å². The first-order valence-electron chi connectivity index (χ1n) is 6.82. The molecule has 4 nitrogen and oxygen atoms in total. The Hall–Kier alpha value is -2.53. The van der Waals surface area contributed by atoms with Crippen LogP contribution in [0.5, 0.6) is 11.5 Å². The maximum Gasteiger partial charge on any atom is 0.182 e. The lowest BCUT2D eigenvalue weighted by atomic mass is 10.1. The predicted molar refractivity (Wildman–Crippen MR) is 89.5 cm³/mol. The molecule has 0 saturated heterocycles. The topological polar surface area (TPSA) is 39.2 Å². The van der Waals surface area contributed by atoms with Gasteiger partial charge in [0.05, 0.1) is 25.6 Å². The van der Waals surface area contributed by atoms with Crippen LogP contribution in [-0.4, -0.2) is 23.8 Å². The molecule has 0 aliphatic heterocycles.